The van der Waals surface area contributed by atoms with Gasteiger partial charge in [0, 0.05) is 32.2 Å². The molecule has 4 rings (SSSR count). The van der Waals surface area contributed by atoms with Gasteiger partial charge in [-0.1, -0.05) is 42.5 Å². The minimum atomic E-state index is -0.0788. The predicted octanol–water partition coefficient (Wildman–Crippen LogP) is 3.30. The van der Waals surface area contributed by atoms with Crippen molar-refractivity contribution in [1.82, 2.24) is 15.1 Å². The average molecular weight is 360 g/mol. The number of rotatable bonds is 5. The topological polar surface area (TPSA) is 59.0 Å². The number of fused-ring (bicyclic) bond motifs is 1. The number of carbonyl (C=O) groups is 1. The molecule has 138 valence electrons. The summed E-state index contributed by atoms with van der Waals surface area (Å²) in [6.45, 7) is 1.56. The molecule has 3 aromatic rings. The third-order valence-corrected chi connectivity index (χ3v) is 5.08. The van der Waals surface area contributed by atoms with E-state index in [2.05, 4.69) is 46.1 Å². The number of carbonyl (C=O) groups excluding carboxylic acids is 1. The molecule has 0 atom stereocenters. The lowest BCUT2D eigenvalue weighted by atomic mass is 10.0. The van der Waals surface area contributed by atoms with Gasteiger partial charge in [-0.3, -0.25) is 9.48 Å². The van der Waals surface area contributed by atoms with Crippen LogP contribution >= 0.6 is 0 Å². The zero-order valence-electron chi connectivity index (χ0n) is 15.5. The van der Waals surface area contributed by atoms with Crippen molar-refractivity contribution in [2.24, 2.45) is 7.05 Å². The van der Waals surface area contributed by atoms with Crippen LogP contribution < -0.4 is 10.6 Å². The van der Waals surface area contributed by atoms with E-state index in [0.717, 1.165) is 36.2 Å². The van der Waals surface area contributed by atoms with E-state index in [-0.39, 0.29) is 5.91 Å². The zero-order valence-corrected chi connectivity index (χ0v) is 15.5. The highest BCUT2D eigenvalue weighted by Gasteiger charge is 2.16. The maximum atomic E-state index is 12.8. The first-order valence-electron chi connectivity index (χ1n) is 9.39. The smallest absolute Gasteiger partial charge is 0.255 e. The lowest BCUT2D eigenvalue weighted by molar-refractivity contribution is 0.0950. The molecule has 2 heterocycles. The summed E-state index contributed by atoms with van der Waals surface area (Å²) in [5.41, 5.74) is 6.40. The van der Waals surface area contributed by atoms with Gasteiger partial charge in [0.05, 0.1) is 17.5 Å². The standard InChI is InChI=1S/C22H24N4O/c1-26-21(13-16-6-3-2-4-7-16)19(15-25-26)22(27)24-14-17-9-10-20-18(12-17)8-5-11-23-20/h2-4,6-7,9-10,12,15,23H,5,8,11,13-14H2,1H3,(H,24,27). The van der Waals surface area contributed by atoms with E-state index in [4.69, 9.17) is 0 Å². The highest BCUT2D eigenvalue weighted by molar-refractivity contribution is 5.95. The molecular formula is C22H24N4O. The van der Waals surface area contributed by atoms with Gasteiger partial charge < -0.3 is 10.6 Å². The highest BCUT2D eigenvalue weighted by atomic mass is 16.1. The summed E-state index contributed by atoms with van der Waals surface area (Å²) >= 11 is 0. The lowest BCUT2D eigenvalue weighted by Gasteiger charge is -2.18. The number of benzene rings is 2. The Morgan fingerprint density at radius 1 is 1.19 bits per heavy atom. The Bertz CT molecular complexity index is 946. The van der Waals surface area contributed by atoms with Crippen LogP contribution in [0, 0.1) is 0 Å². The maximum absolute atomic E-state index is 12.8. The van der Waals surface area contributed by atoms with E-state index in [1.165, 1.54) is 11.3 Å². The Labute approximate surface area is 159 Å². The van der Waals surface area contributed by atoms with Crippen molar-refractivity contribution >= 4 is 11.6 Å². The Morgan fingerprint density at radius 2 is 2.04 bits per heavy atom. The quantitative estimate of drug-likeness (QED) is 0.734. The zero-order chi connectivity index (χ0) is 18.6. The van der Waals surface area contributed by atoms with Gasteiger partial charge in [-0.25, -0.2) is 0 Å². The molecule has 0 fully saturated rings. The van der Waals surface area contributed by atoms with Gasteiger partial charge in [-0.2, -0.15) is 5.10 Å². The number of amides is 1. The number of aryl methyl sites for hydroxylation is 2. The van der Waals surface area contributed by atoms with E-state index < -0.39 is 0 Å². The van der Waals surface area contributed by atoms with Crippen molar-refractivity contribution in [3.05, 3.63) is 82.7 Å². The summed E-state index contributed by atoms with van der Waals surface area (Å²) in [5, 5.41) is 10.8. The largest absolute Gasteiger partial charge is 0.385 e. The summed E-state index contributed by atoms with van der Waals surface area (Å²) in [7, 11) is 1.88. The van der Waals surface area contributed by atoms with Gasteiger partial charge in [0.2, 0.25) is 0 Å². The Balaban J connectivity index is 1.46. The van der Waals surface area contributed by atoms with E-state index >= 15 is 0 Å². The van der Waals surface area contributed by atoms with Crippen molar-refractivity contribution in [2.45, 2.75) is 25.8 Å². The summed E-state index contributed by atoms with van der Waals surface area (Å²) < 4.78 is 1.78. The number of aromatic nitrogens is 2. The third-order valence-electron chi connectivity index (χ3n) is 5.08. The van der Waals surface area contributed by atoms with Crippen LogP contribution in [0.25, 0.3) is 0 Å². The second-order valence-electron chi connectivity index (χ2n) is 7.00. The molecule has 0 spiro atoms. The van der Waals surface area contributed by atoms with Crippen LogP contribution in [0.5, 0.6) is 0 Å². The van der Waals surface area contributed by atoms with Crippen LogP contribution in [-0.2, 0) is 26.4 Å². The van der Waals surface area contributed by atoms with Gasteiger partial charge in [0.25, 0.3) is 5.91 Å². The highest BCUT2D eigenvalue weighted by Crippen LogP contribution is 2.23. The van der Waals surface area contributed by atoms with Crippen LogP contribution in [0.4, 0.5) is 5.69 Å². The van der Waals surface area contributed by atoms with Gasteiger partial charge in [0.15, 0.2) is 0 Å². The fourth-order valence-corrected chi connectivity index (χ4v) is 3.57. The second kappa shape index (κ2) is 7.66. The second-order valence-corrected chi connectivity index (χ2v) is 7.00. The van der Waals surface area contributed by atoms with Gasteiger partial charge in [-0.05, 0) is 35.6 Å². The number of nitrogens with zero attached hydrogens (tertiary/aromatic N) is 2. The number of nitrogens with one attached hydrogen (secondary N) is 2. The molecule has 1 aliphatic heterocycles. The summed E-state index contributed by atoms with van der Waals surface area (Å²) in [6.07, 6.45) is 4.59. The molecule has 2 aromatic carbocycles. The van der Waals surface area contributed by atoms with Gasteiger partial charge in [0.1, 0.15) is 0 Å². The molecule has 0 bridgehead atoms. The lowest BCUT2D eigenvalue weighted by Crippen LogP contribution is -2.24. The molecule has 0 aliphatic carbocycles. The Morgan fingerprint density at radius 3 is 2.89 bits per heavy atom. The monoisotopic (exact) mass is 360 g/mol. The molecule has 0 saturated heterocycles. The molecule has 0 saturated carbocycles. The predicted molar refractivity (Wildman–Crippen MR) is 107 cm³/mol. The summed E-state index contributed by atoms with van der Waals surface area (Å²) in [4.78, 5) is 12.8. The molecule has 1 amide bonds. The van der Waals surface area contributed by atoms with Crippen LogP contribution in [0.15, 0.2) is 54.7 Å². The average Bonchev–Trinajstić information content (AvgIpc) is 3.07. The molecule has 0 radical (unpaired) electrons. The van der Waals surface area contributed by atoms with Crippen molar-refractivity contribution < 1.29 is 4.79 Å². The minimum absolute atomic E-state index is 0.0788. The first-order chi connectivity index (χ1) is 13.2. The van der Waals surface area contributed by atoms with Crippen molar-refractivity contribution in [2.75, 3.05) is 11.9 Å². The Hall–Kier alpha value is -3.08. The molecule has 0 unspecified atom stereocenters. The summed E-state index contributed by atoms with van der Waals surface area (Å²) in [5.74, 6) is -0.0788. The fraction of sp³-hybridized carbons (Fsp3) is 0.273. The molecule has 5 heteroatoms. The van der Waals surface area contributed by atoms with Crippen molar-refractivity contribution in [3.63, 3.8) is 0 Å². The van der Waals surface area contributed by atoms with E-state index in [1.807, 2.05) is 25.2 Å². The summed E-state index contributed by atoms with van der Waals surface area (Å²) in [6, 6.07) is 16.5. The van der Waals surface area contributed by atoms with Gasteiger partial charge in [-0.15, -0.1) is 0 Å². The van der Waals surface area contributed by atoms with E-state index in [0.29, 0.717) is 18.5 Å². The fourth-order valence-electron chi connectivity index (χ4n) is 3.57. The minimum Gasteiger partial charge on any atom is -0.385 e. The molecule has 1 aromatic heterocycles. The van der Waals surface area contributed by atoms with Gasteiger partial charge >= 0.3 is 0 Å². The van der Waals surface area contributed by atoms with Crippen molar-refractivity contribution in [3.8, 4) is 0 Å². The first kappa shape index (κ1) is 17.3. The normalized spacial score (nSPS) is 12.9. The SMILES string of the molecule is Cn1ncc(C(=O)NCc2ccc3c(c2)CCCN3)c1Cc1ccccc1. The first-order valence-corrected chi connectivity index (χ1v) is 9.39. The number of anilines is 1. The number of hydrogen-bond acceptors (Lipinski definition) is 3. The molecule has 1 aliphatic rings. The van der Waals surface area contributed by atoms with E-state index in [9.17, 15) is 4.79 Å². The third kappa shape index (κ3) is 3.87. The number of hydrogen-bond donors (Lipinski definition) is 2. The van der Waals surface area contributed by atoms with E-state index in [1.54, 1.807) is 10.9 Å². The van der Waals surface area contributed by atoms with Crippen LogP contribution in [-0.4, -0.2) is 22.2 Å². The molecule has 2 N–H and O–H groups in total. The molecule has 27 heavy (non-hydrogen) atoms. The Kier molecular flexibility index (Phi) is 4.92. The van der Waals surface area contributed by atoms with Crippen LogP contribution in [0.2, 0.25) is 0 Å². The van der Waals surface area contributed by atoms with Crippen molar-refractivity contribution in [1.29, 1.82) is 0 Å². The maximum Gasteiger partial charge on any atom is 0.255 e. The van der Waals surface area contributed by atoms with Crippen LogP contribution in [0.1, 0.15) is 39.2 Å². The molecular weight excluding hydrogens is 336 g/mol. The van der Waals surface area contributed by atoms with Crippen LogP contribution in [0.3, 0.4) is 0 Å². The molecule has 5 nitrogen and oxygen atoms in total.